The Morgan fingerprint density at radius 2 is 1.77 bits per heavy atom. The molecule has 0 atom stereocenters. The number of thioether (sulfide) groups is 1. The molecular weight excluding hydrogens is 364 g/mol. The van der Waals surface area contributed by atoms with Crippen molar-refractivity contribution in [2.45, 2.75) is 6.92 Å². The van der Waals surface area contributed by atoms with Gasteiger partial charge in [0.25, 0.3) is 5.91 Å². The highest BCUT2D eigenvalue weighted by Gasteiger charge is 2.33. The number of carbonyl (C=O) groups is 1. The summed E-state index contributed by atoms with van der Waals surface area (Å²) in [5.41, 5.74) is 2.84. The quantitative estimate of drug-likeness (QED) is 0.558. The van der Waals surface area contributed by atoms with Crippen LogP contribution in [0.1, 0.15) is 12.5 Å². The van der Waals surface area contributed by atoms with Crippen LogP contribution in [0.25, 0.3) is 6.08 Å². The molecule has 6 heteroatoms. The van der Waals surface area contributed by atoms with Gasteiger partial charge in [0, 0.05) is 19.8 Å². The predicted molar refractivity (Wildman–Crippen MR) is 114 cm³/mol. The number of carbonyl (C=O) groups excluding carboxylic acids is 1. The zero-order chi connectivity index (χ0) is 18.7. The van der Waals surface area contributed by atoms with Gasteiger partial charge in [-0.05, 0) is 55.0 Å². The minimum Gasteiger partial charge on any atom is -0.494 e. The summed E-state index contributed by atoms with van der Waals surface area (Å²) in [6.45, 7) is 2.54. The van der Waals surface area contributed by atoms with E-state index in [0.29, 0.717) is 15.8 Å². The predicted octanol–water partition coefficient (Wildman–Crippen LogP) is 4.56. The zero-order valence-corrected chi connectivity index (χ0v) is 16.6. The number of hydrogen-bond donors (Lipinski definition) is 0. The second kappa shape index (κ2) is 7.93. The van der Waals surface area contributed by atoms with E-state index in [9.17, 15) is 4.79 Å². The molecule has 3 rings (SSSR count). The smallest absolute Gasteiger partial charge is 0.270 e. The van der Waals surface area contributed by atoms with E-state index in [-0.39, 0.29) is 5.91 Å². The molecule has 0 aliphatic carbocycles. The molecule has 0 aromatic heterocycles. The van der Waals surface area contributed by atoms with Crippen LogP contribution in [0.4, 0.5) is 11.4 Å². The molecule has 0 unspecified atom stereocenters. The van der Waals surface area contributed by atoms with Crippen molar-refractivity contribution in [2.24, 2.45) is 0 Å². The van der Waals surface area contributed by atoms with Gasteiger partial charge >= 0.3 is 0 Å². The third kappa shape index (κ3) is 3.92. The fraction of sp³-hybridized carbons (Fsp3) is 0.200. The van der Waals surface area contributed by atoms with Crippen LogP contribution in [0.5, 0.6) is 5.75 Å². The van der Waals surface area contributed by atoms with E-state index in [1.807, 2.05) is 80.5 Å². The van der Waals surface area contributed by atoms with Gasteiger partial charge < -0.3 is 9.64 Å². The lowest BCUT2D eigenvalue weighted by atomic mass is 10.2. The Kier molecular flexibility index (Phi) is 5.64. The molecule has 1 aliphatic heterocycles. The lowest BCUT2D eigenvalue weighted by Gasteiger charge is -2.15. The molecule has 0 radical (unpaired) electrons. The van der Waals surface area contributed by atoms with E-state index in [1.54, 1.807) is 4.90 Å². The second-order valence-corrected chi connectivity index (χ2v) is 7.61. The van der Waals surface area contributed by atoms with Crippen LogP contribution < -0.4 is 14.5 Å². The summed E-state index contributed by atoms with van der Waals surface area (Å²) in [4.78, 5) is 17.0. The molecule has 0 N–H and O–H groups in total. The van der Waals surface area contributed by atoms with E-state index in [1.165, 1.54) is 11.8 Å². The lowest BCUT2D eigenvalue weighted by Crippen LogP contribution is -2.27. The van der Waals surface area contributed by atoms with Gasteiger partial charge in [0.2, 0.25) is 0 Å². The Morgan fingerprint density at radius 1 is 1.12 bits per heavy atom. The number of nitrogens with zero attached hydrogens (tertiary/aromatic N) is 2. The molecule has 1 fully saturated rings. The molecule has 2 aromatic carbocycles. The Hall–Kier alpha value is -2.31. The van der Waals surface area contributed by atoms with Gasteiger partial charge in [0.1, 0.15) is 5.75 Å². The second-order valence-electron chi connectivity index (χ2n) is 5.93. The van der Waals surface area contributed by atoms with Gasteiger partial charge in [-0.1, -0.05) is 36.1 Å². The minimum absolute atomic E-state index is 0.0964. The zero-order valence-electron chi connectivity index (χ0n) is 14.9. The first kappa shape index (κ1) is 18.5. The van der Waals surface area contributed by atoms with Crippen molar-refractivity contribution in [1.29, 1.82) is 0 Å². The van der Waals surface area contributed by atoms with E-state index < -0.39 is 0 Å². The number of thiocarbonyl (C=S) groups is 1. The van der Waals surface area contributed by atoms with Crippen molar-refractivity contribution < 1.29 is 9.53 Å². The average molecular weight is 385 g/mol. The summed E-state index contributed by atoms with van der Waals surface area (Å²) in [6, 6.07) is 15.5. The fourth-order valence-corrected chi connectivity index (χ4v) is 3.87. The largest absolute Gasteiger partial charge is 0.494 e. The Balaban J connectivity index is 1.81. The molecule has 1 heterocycles. The number of anilines is 2. The van der Waals surface area contributed by atoms with E-state index in [2.05, 4.69) is 0 Å². The van der Waals surface area contributed by atoms with Crippen LogP contribution >= 0.6 is 24.0 Å². The SMILES string of the molecule is CCOc1ccc(N2C(=O)/C(=C\c3ccc(N(C)C)cc3)SC2=S)cc1. The normalized spacial score (nSPS) is 15.7. The molecule has 4 nitrogen and oxygen atoms in total. The summed E-state index contributed by atoms with van der Waals surface area (Å²) in [5.74, 6) is 0.680. The standard InChI is InChI=1S/C20H20N2O2S2/c1-4-24-17-11-9-16(10-12-17)22-19(23)18(26-20(22)25)13-14-5-7-15(8-6-14)21(2)3/h5-13H,4H2,1-3H3/b18-13+. The van der Waals surface area contributed by atoms with Crippen LogP contribution in [0, 0.1) is 0 Å². The number of rotatable bonds is 5. The monoisotopic (exact) mass is 384 g/mol. The molecular formula is C20H20N2O2S2. The molecule has 0 bridgehead atoms. The van der Waals surface area contributed by atoms with Crippen LogP contribution in [-0.4, -0.2) is 30.9 Å². The molecule has 0 spiro atoms. The Morgan fingerprint density at radius 3 is 2.35 bits per heavy atom. The maximum atomic E-state index is 12.8. The molecule has 26 heavy (non-hydrogen) atoms. The highest BCUT2D eigenvalue weighted by Crippen LogP contribution is 2.36. The number of ether oxygens (including phenoxy) is 1. The van der Waals surface area contributed by atoms with Crippen molar-refractivity contribution in [3.05, 3.63) is 59.0 Å². The minimum atomic E-state index is -0.0964. The number of benzene rings is 2. The summed E-state index contributed by atoms with van der Waals surface area (Å²) < 4.78 is 5.98. The van der Waals surface area contributed by atoms with Crippen LogP contribution in [0.15, 0.2) is 53.4 Å². The van der Waals surface area contributed by atoms with Crippen LogP contribution in [-0.2, 0) is 4.79 Å². The summed E-state index contributed by atoms with van der Waals surface area (Å²) in [6.07, 6.45) is 1.88. The van der Waals surface area contributed by atoms with Crippen LogP contribution in [0.2, 0.25) is 0 Å². The topological polar surface area (TPSA) is 32.8 Å². The highest BCUT2D eigenvalue weighted by molar-refractivity contribution is 8.27. The van der Waals surface area contributed by atoms with Gasteiger partial charge in [0.15, 0.2) is 4.32 Å². The van der Waals surface area contributed by atoms with Crippen molar-refractivity contribution in [3.8, 4) is 5.75 Å². The number of hydrogen-bond acceptors (Lipinski definition) is 5. The first-order chi connectivity index (χ1) is 12.5. The lowest BCUT2D eigenvalue weighted by molar-refractivity contribution is -0.113. The van der Waals surface area contributed by atoms with E-state index >= 15 is 0 Å². The third-order valence-electron chi connectivity index (χ3n) is 3.91. The van der Waals surface area contributed by atoms with Gasteiger partial charge in [-0.15, -0.1) is 0 Å². The van der Waals surface area contributed by atoms with Crippen LogP contribution in [0.3, 0.4) is 0 Å². The maximum Gasteiger partial charge on any atom is 0.270 e. The summed E-state index contributed by atoms with van der Waals surface area (Å²) in [5, 5.41) is 0. The fourth-order valence-electron chi connectivity index (χ4n) is 2.57. The third-order valence-corrected chi connectivity index (χ3v) is 5.21. The molecule has 2 aromatic rings. The average Bonchev–Trinajstić information content (AvgIpc) is 2.90. The van der Waals surface area contributed by atoms with E-state index in [4.69, 9.17) is 17.0 Å². The Bertz CT molecular complexity index is 843. The number of amides is 1. The Labute approximate surface area is 163 Å². The van der Waals surface area contributed by atoms with Gasteiger partial charge in [-0.3, -0.25) is 9.69 Å². The molecule has 1 aliphatic rings. The summed E-state index contributed by atoms with van der Waals surface area (Å²) >= 11 is 6.74. The van der Waals surface area contributed by atoms with E-state index in [0.717, 1.165) is 22.7 Å². The molecule has 1 amide bonds. The molecule has 1 saturated heterocycles. The van der Waals surface area contributed by atoms with Crippen molar-refractivity contribution >= 4 is 51.7 Å². The van der Waals surface area contributed by atoms with Gasteiger partial charge in [-0.2, -0.15) is 0 Å². The van der Waals surface area contributed by atoms with Crippen molar-refractivity contribution in [2.75, 3.05) is 30.5 Å². The molecule has 0 saturated carbocycles. The maximum absolute atomic E-state index is 12.8. The van der Waals surface area contributed by atoms with Gasteiger partial charge in [0.05, 0.1) is 17.2 Å². The first-order valence-electron chi connectivity index (χ1n) is 8.28. The van der Waals surface area contributed by atoms with Gasteiger partial charge in [-0.25, -0.2) is 0 Å². The highest BCUT2D eigenvalue weighted by atomic mass is 32.2. The van der Waals surface area contributed by atoms with Crippen molar-refractivity contribution in [3.63, 3.8) is 0 Å². The first-order valence-corrected chi connectivity index (χ1v) is 9.50. The molecule has 134 valence electrons. The van der Waals surface area contributed by atoms with Crippen molar-refractivity contribution in [1.82, 2.24) is 0 Å². The summed E-state index contributed by atoms with van der Waals surface area (Å²) in [7, 11) is 3.99.